The summed E-state index contributed by atoms with van der Waals surface area (Å²) in [6.07, 6.45) is 8.11. The van der Waals surface area contributed by atoms with Crippen LogP contribution in [-0.2, 0) is 4.74 Å². The van der Waals surface area contributed by atoms with E-state index in [1.807, 2.05) is 20.8 Å². The first-order valence-corrected chi connectivity index (χ1v) is 8.82. The normalized spacial score (nSPS) is 27.8. The summed E-state index contributed by atoms with van der Waals surface area (Å²) in [5.74, 6) is 0.659. The van der Waals surface area contributed by atoms with E-state index in [2.05, 4.69) is 10.6 Å². The lowest BCUT2D eigenvalue weighted by atomic mass is 9.97. The molecule has 2 fully saturated rings. The van der Waals surface area contributed by atoms with Crippen LogP contribution in [0.4, 0.5) is 4.79 Å². The molecule has 0 bridgehead atoms. The van der Waals surface area contributed by atoms with E-state index in [9.17, 15) is 4.79 Å². The molecule has 2 saturated carbocycles. The first-order valence-electron chi connectivity index (χ1n) is 8.82. The Morgan fingerprint density at radius 1 is 1.23 bits per heavy atom. The standard InChI is InChI=1S/C17H33N3O2/c1-17(2,3)22-16(21)19-11-15(12-6-4-5-7-12)20-14-9-8-13(18)10-14/h12-15,20H,4-11,18H2,1-3H3,(H,19,21). The highest BCUT2D eigenvalue weighted by molar-refractivity contribution is 5.67. The van der Waals surface area contributed by atoms with Gasteiger partial charge >= 0.3 is 6.09 Å². The van der Waals surface area contributed by atoms with Gasteiger partial charge in [-0.1, -0.05) is 12.8 Å². The summed E-state index contributed by atoms with van der Waals surface area (Å²) in [6.45, 7) is 6.31. The molecule has 0 heterocycles. The van der Waals surface area contributed by atoms with Crippen molar-refractivity contribution in [2.45, 2.75) is 89.4 Å². The quantitative estimate of drug-likeness (QED) is 0.729. The molecule has 0 radical (unpaired) electrons. The van der Waals surface area contributed by atoms with Gasteiger partial charge in [-0.2, -0.15) is 0 Å². The molecule has 0 saturated heterocycles. The summed E-state index contributed by atoms with van der Waals surface area (Å²) < 4.78 is 5.34. The molecular formula is C17H33N3O2. The third kappa shape index (κ3) is 5.76. The van der Waals surface area contributed by atoms with Crippen LogP contribution in [0.2, 0.25) is 0 Å². The largest absolute Gasteiger partial charge is 0.444 e. The van der Waals surface area contributed by atoms with E-state index >= 15 is 0 Å². The van der Waals surface area contributed by atoms with Crippen molar-refractivity contribution >= 4 is 6.09 Å². The predicted octanol–water partition coefficient (Wildman–Crippen LogP) is 2.54. The van der Waals surface area contributed by atoms with Gasteiger partial charge in [0.1, 0.15) is 5.60 Å². The first kappa shape index (κ1) is 17.5. The Bertz CT molecular complexity index is 361. The second kappa shape index (κ2) is 7.64. The van der Waals surface area contributed by atoms with Crippen LogP contribution in [0.15, 0.2) is 0 Å². The summed E-state index contributed by atoms with van der Waals surface area (Å²) in [6, 6.07) is 1.17. The average Bonchev–Trinajstić information content (AvgIpc) is 3.03. The van der Waals surface area contributed by atoms with E-state index in [-0.39, 0.29) is 6.09 Å². The predicted molar refractivity (Wildman–Crippen MR) is 88.7 cm³/mol. The van der Waals surface area contributed by atoms with Crippen LogP contribution in [0.5, 0.6) is 0 Å². The molecule has 2 aliphatic carbocycles. The fourth-order valence-electron chi connectivity index (χ4n) is 3.70. The number of amides is 1. The molecule has 3 atom stereocenters. The lowest BCUT2D eigenvalue weighted by Gasteiger charge is -2.29. The maximum atomic E-state index is 11.9. The van der Waals surface area contributed by atoms with Crippen LogP contribution < -0.4 is 16.4 Å². The second-order valence-corrected chi connectivity index (χ2v) is 7.97. The van der Waals surface area contributed by atoms with Crippen molar-refractivity contribution in [2.24, 2.45) is 11.7 Å². The third-order valence-corrected chi connectivity index (χ3v) is 4.76. The Labute approximate surface area is 134 Å². The highest BCUT2D eigenvalue weighted by atomic mass is 16.6. The maximum Gasteiger partial charge on any atom is 0.407 e. The number of alkyl carbamates (subject to hydrolysis) is 1. The minimum absolute atomic E-state index is 0.319. The molecule has 0 aromatic carbocycles. The van der Waals surface area contributed by atoms with Crippen molar-refractivity contribution in [1.82, 2.24) is 10.6 Å². The van der Waals surface area contributed by atoms with Crippen LogP contribution in [0.3, 0.4) is 0 Å². The Kier molecular flexibility index (Phi) is 6.09. The van der Waals surface area contributed by atoms with E-state index < -0.39 is 5.60 Å². The molecule has 0 aromatic heterocycles. The molecule has 5 nitrogen and oxygen atoms in total. The smallest absolute Gasteiger partial charge is 0.407 e. The molecule has 2 rings (SSSR count). The molecule has 3 unspecified atom stereocenters. The van der Waals surface area contributed by atoms with Gasteiger partial charge in [0, 0.05) is 24.7 Å². The van der Waals surface area contributed by atoms with Crippen LogP contribution in [0.1, 0.15) is 65.7 Å². The van der Waals surface area contributed by atoms with Crippen molar-refractivity contribution in [3.8, 4) is 0 Å². The molecule has 0 spiro atoms. The number of nitrogens with two attached hydrogens (primary N) is 1. The number of hydrogen-bond acceptors (Lipinski definition) is 4. The fraction of sp³-hybridized carbons (Fsp3) is 0.941. The Hall–Kier alpha value is -0.810. The molecule has 5 heteroatoms. The maximum absolute atomic E-state index is 11.9. The number of nitrogens with one attached hydrogen (secondary N) is 2. The number of hydrogen-bond donors (Lipinski definition) is 3. The van der Waals surface area contributed by atoms with Crippen LogP contribution >= 0.6 is 0 Å². The van der Waals surface area contributed by atoms with Gasteiger partial charge in [-0.3, -0.25) is 0 Å². The van der Waals surface area contributed by atoms with Gasteiger partial charge in [0.15, 0.2) is 0 Å². The summed E-state index contributed by atoms with van der Waals surface area (Å²) in [7, 11) is 0. The van der Waals surface area contributed by atoms with Gasteiger partial charge in [-0.05, 0) is 58.8 Å². The Morgan fingerprint density at radius 2 is 1.91 bits per heavy atom. The van der Waals surface area contributed by atoms with E-state index in [0.717, 1.165) is 19.3 Å². The second-order valence-electron chi connectivity index (χ2n) is 7.97. The molecule has 1 amide bonds. The summed E-state index contributed by atoms with van der Waals surface area (Å²) in [4.78, 5) is 11.9. The zero-order chi connectivity index (χ0) is 16.2. The fourth-order valence-corrected chi connectivity index (χ4v) is 3.70. The van der Waals surface area contributed by atoms with Gasteiger partial charge in [0.05, 0.1) is 0 Å². The monoisotopic (exact) mass is 311 g/mol. The van der Waals surface area contributed by atoms with E-state index in [4.69, 9.17) is 10.5 Å². The number of ether oxygens (including phenoxy) is 1. The minimum atomic E-state index is -0.446. The van der Waals surface area contributed by atoms with Crippen LogP contribution in [-0.4, -0.2) is 36.4 Å². The molecule has 4 N–H and O–H groups in total. The molecular weight excluding hydrogens is 278 g/mol. The summed E-state index contributed by atoms with van der Waals surface area (Å²) >= 11 is 0. The zero-order valence-corrected chi connectivity index (χ0v) is 14.4. The molecule has 0 aromatic rings. The molecule has 128 valence electrons. The van der Waals surface area contributed by atoms with E-state index in [1.54, 1.807) is 0 Å². The third-order valence-electron chi connectivity index (χ3n) is 4.76. The highest BCUT2D eigenvalue weighted by Gasteiger charge is 2.30. The highest BCUT2D eigenvalue weighted by Crippen LogP contribution is 2.29. The van der Waals surface area contributed by atoms with Crippen LogP contribution in [0, 0.1) is 5.92 Å². The van der Waals surface area contributed by atoms with Crippen molar-refractivity contribution in [3.05, 3.63) is 0 Å². The first-order chi connectivity index (χ1) is 10.3. The summed E-state index contributed by atoms with van der Waals surface area (Å²) in [5, 5.41) is 6.70. The van der Waals surface area contributed by atoms with Gasteiger partial charge in [0.25, 0.3) is 0 Å². The van der Waals surface area contributed by atoms with Crippen molar-refractivity contribution in [2.75, 3.05) is 6.54 Å². The van der Waals surface area contributed by atoms with E-state index in [0.29, 0.717) is 30.6 Å². The number of carbonyl (C=O) groups is 1. The number of rotatable bonds is 5. The van der Waals surface area contributed by atoms with Gasteiger partial charge in [-0.25, -0.2) is 4.79 Å². The molecule has 22 heavy (non-hydrogen) atoms. The summed E-state index contributed by atoms with van der Waals surface area (Å²) in [5.41, 5.74) is 5.57. The number of carbonyl (C=O) groups excluding carboxylic acids is 1. The lowest BCUT2D eigenvalue weighted by Crippen LogP contribution is -2.49. The Morgan fingerprint density at radius 3 is 2.45 bits per heavy atom. The topological polar surface area (TPSA) is 76.4 Å². The SMILES string of the molecule is CC(C)(C)OC(=O)NCC(NC1CCC(N)C1)C1CCCC1. The zero-order valence-electron chi connectivity index (χ0n) is 14.4. The van der Waals surface area contributed by atoms with Gasteiger partial charge < -0.3 is 21.1 Å². The molecule has 2 aliphatic rings. The van der Waals surface area contributed by atoms with Gasteiger partial charge in [0.2, 0.25) is 0 Å². The van der Waals surface area contributed by atoms with Crippen molar-refractivity contribution in [1.29, 1.82) is 0 Å². The molecule has 0 aliphatic heterocycles. The van der Waals surface area contributed by atoms with Crippen molar-refractivity contribution in [3.63, 3.8) is 0 Å². The van der Waals surface area contributed by atoms with Gasteiger partial charge in [-0.15, -0.1) is 0 Å². The van der Waals surface area contributed by atoms with Crippen molar-refractivity contribution < 1.29 is 9.53 Å². The lowest BCUT2D eigenvalue weighted by molar-refractivity contribution is 0.0517. The minimum Gasteiger partial charge on any atom is -0.444 e. The van der Waals surface area contributed by atoms with E-state index in [1.165, 1.54) is 25.7 Å². The van der Waals surface area contributed by atoms with Crippen LogP contribution in [0.25, 0.3) is 0 Å². The Balaban J connectivity index is 1.83. The average molecular weight is 311 g/mol.